The lowest BCUT2D eigenvalue weighted by Gasteiger charge is -2.51. The van der Waals surface area contributed by atoms with Crippen LogP contribution >= 0.6 is 24.0 Å². The van der Waals surface area contributed by atoms with Crippen LogP contribution in [-0.2, 0) is 10.5 Å². The first kappa shape index (κ1) is 16.7. The first-order valence-corrected chi connectivity index (χ1v) is 6.18. The molecule has 2 atom stereocenters. The highest BCUT2D eigenvalue weighted by Gasteiger charge is 2.55. The predicted octanol–water partition coefficient (Wildman–Crippen LogP) is 2.01. The molecule has 2 rings (SSSR count). The van der Waals surface area contributed by atoms with Gasteiger partial charge in [0.2, 0.25) is 5.79 Å². The summed E-state index contributed by atoms with van der Waals surface area (Å²) >= 11 is 5.91. The van der Waals surface area contributed by atoms with Crippen LogP contribution in [0.25, 0.3) is 0 Å². The first-order valence-electron chi connectivity index (χ1n) is 5.80. The van der Waals surface area contributed by atoms with Crippen LogP contribution in [0.4, 0.5) is 0 Å². The summed E-state index contributed by atoms with van der Waals surface area (Å²) in [6, 6.07) is 6.65. The summed E-state index contributed by atoms with van der Waals surface area (Å²) in [5.74, 6) is -1.83. The predicted molar refractivity (Wildman–Crippen MR) is 76.4 cm³/mol. The molecule has 0 spiro atoms. The number of rotatable bonds is 1. The summed E-state index contributed by atoms with van der Waals surface area (Å²) < 4.78 is 5.52. The lowest BCUT2D eigenvalue weighted by atomic mass is 9.89. The largest absolute Gasteiger partial charge is 0.370 e. The Bertz CT molecular complexity index is 465. The first-order chi connectivity index (χ1) is 8.16. The van der Waals surface area contributed by atoms with E-state index in [1.807, 2.05) is 13.8 Å². The molecule has 1 saturated heterocycles. The van der Waals surface area contributed by atoms with Crippen molar-refractivity contribution >= 4 is 24.0 Å². The molecular weight excluding hydrogens is 289 g/mol. The fourth-order valence-electron chi connectivity index (χ4n) is 2.27. The van der Waals surface area contributed by atoms with Gasteiger partial charge in [0.1, 0.15) is 0 Å². The van der Waals surface area contributed by atoms with Gasteiger partial charge in [0, 0.05) is 16.1 Å². The zero-order chi connectivity index (χ0) is 13.6. The van der Waals surface area contributed by atoms with E-state index >= 15 is 0 Å². The molecule has 1 fully saturated rings. The van der Waals surface area contributed by atoms with Crippen molar-refractivity contribution in [3.8, 4) is 0 Å². The Morgan fingerprint density at radius 2 is 1.89 bits per heavy atom. The van der Waals surface area contributed by atoms with Gasteiger partial charge in [-0.3, -0.25) is 5.32 Å². The Balaban J connectivity index is 0.00000180. The third kappa shape index (κ3) is 3.05. The average Bonchev–Trinajstić information content (AvgIpc) is 2.23. The molecule has 1 aliphatic rings. The number of nitrogens with one attached hydrogen (secondary N) is 1. The van der Waals surface area contributed by atoms with Crippen molar-refractivity contribution in [1.82, 2.24) is 5.32 Å². The van der Waals surface area contributed by atoms with Gasteiger partial charge < -0.3 is 14.9 Å². The van der Waals surface area contributed by atoms with E-state index in [9.17, 15) is 10.2 Å². The highest BCUT2D eigenvalue weighted by molar-refractivity contribution is 6.30. The number of ether oxygens (including phenoxy) is 1. The third-order valence-electron chi connectivity index (χ3n) is 3.10. The molecule has 0 bridgehead atoms. The smallest absolute Gasteiger partial charge is 0.236 e. The van der Waals surface area contributed by atoms with Crippen LogP contribution in [0.15, 0.2) is 24.3 Å². The molecule has 1 aromatic carbocycles. The highest BCUT2D eigenvalue weighted by Crippen LogP contribution is 2.38. The molecule has 1 aliphatic heterocycles. The zero-order valence-electron chi connectivity index (χ0n) is 11.1. The molecule has 108 valence electrons. The Hall–Kier alpha value is -0.360. The minimum absolute atomic E-state index is 0. The number of halogens is 2. The monoisotopic (exact) mass is 307 g/mol. The van der Waals surface area contributed by atoms with Crippen LogP contribution < -0.4 is 5.32 Å². The quantitative estimate of drug-likeness (QED) is 0.743. The number of benzene rings is 1. The van der Waals surface area contributed by atoms with Gasteiger partial charge >= 0.3 is 0 Å². The SMILES string of the molecule is CC1(C)CO[C@](O)(c2cccc(Cl)c2)[C@@](C)(O)N1.Cl. The highest BCUT2D eigenvalue weighted by atomic mass is 35.5. The van der Waals surface area contributed by atoms with Gasteiger partial charge in [-0.05, 0) is 32.9 Å². The summed E-state index contributed by atoms with van der Waals surface area (Å²) in [7, 11) is 0. The van der Waals surface area contributed by atoms with E-state index in [1.165, 1.54) is 6.92 Å². The van der Waals surface area contributed by atoms with E-state index in [-0.39, 0.29) is 19.0 Å². The van der Waals surface area contributed by atoms with Crippen LogP contribution in [0.3, 0.4) is 0 Å². The molecule has 0 unspecified atom stereocenters. The van der Waals surface area contributed by atoms with Gasteiger partial charge in [0.15, 0.2) is 5.72 Å². The molecule has 19 heavy (non-hydrogen) atoms. The van der Waals surface area contributed by atoms with Crippen LogP contribution in [-0.4, -0.2) is 28.1 Å². The minimum Gasteiger partial charge on any atom is -0.370 e. The van der Waals surface area contributed by atoms with Crippen molar-refractivity contribution in [2.75, 3.05) is 6.61 Å². The van der Waals surface area contributed by atoms with Gasteiger partial charge in [-0.2, -0.15) is 0 Å². The summed E-state index contributed by atoms with van der Waals surface area (Å²) in [5.41, 5.74) is -1.61. The maximum absolute atomic E-state index is 10.6. The van der Waals surface area contributed by atoms with Crippen LogP contribution in [0.2, 0.25) is 5.02 Å². The molecule has 6 heteroatoms. The van der Waals surface area contributed by atoms with Crippen LogP contribution in [0, 0.1) is 0 Å². The van der Waals surface area contributed by atoms with Crippen molar-refractivity contribution in [2.24, 2.45) is 0 Å². The Morgan fingerprint density at radius 3 is 2.42 bits per heavy atom. The number of aliphatic hydroxyl groups is 2. The van der Waals surface area contributed by atoms with Crippen molar-refractivity contribution in [3.05, 3.63) is 34.9 Å². The maximum atomic E-state index is 10.6. The second kappa shape index (κ2) is 5.20. The Morgan fingerprint density at radius 1 is 1.26 bits per heavy atom. The topological polar surface area (TPSA) is 61.7 Å². The number of hydrogen-bond acceptors (Lipinski definition) is 4. The summed E-state index contributed by atoms with van der Waals surface area (Å²) in [5, 5.41) is 24.5. The van der Waals surface area contributed by atoms with Crippen molar-refractivity contribution in [3.63, 3.8) is 0 Å². The lowest BCUT2D eigenvalue weighted by Crippen LogP contribution is -2.71. The molecule has 4 nitrogen and oxygen atoms in total. The Kier molecular flexibility index (Phi) is 4.57. The van der Waals surface area contributed by atoms with Crippen LogP contribution in [0.5, 0.6) is 0 Å². The molecular formula is C13H19Cl2NO3. The second-order valence-corrected chi connectivity index (χ2v) is 5.96. The van der Waals surface area contributed by atoms with E-state index in [2.05, 4.69) is 5.32 Å². The molecule has 3 N–H and O–H groups in total. The molecule has 0 aliphatic carbocycles. The fourth-order valence-corrected chi connectivity index (χ4v) is 2.46. The van der Waals surface area contributed by atoms with E-state index in [0.29, 0.717) is 10.6 Å². The third-order valence-corrected chi connectivity index (χ3v) is 3.33. The Labute approximate surface area is 124 Å². The van der Waals surface area contributed by atoms with Crippen molar-refractivity contribution < 1.29 is 14.9 Å². The minimum atomic E-state index is -1.83. The zero-order valence-corrected chi connectivity index (χ0v) is 12.7. The van der Waals surface area contributed by atoms with E-state index in [0.717, 1.165) is 0 Å². The molecule has 0 saturated carbocycles. The van der Waals surface area contributed by atoms with Gasteiger partial charge in [-0.25, -0.2) is 0 Å². The average molecular weight is 308 g/mol. The molecule has 0 radical (unpaired) electrons. The molecule has 1 heterocycles. The van der Waals surface area contributed by atoms with E-state index in [1.54, 1.807) is 24.3 Å². The molecule has 1 aromatic rings. The number of morpholine rings is 1. The van der Waals surface area contributed by atoms with Gasteiger partial charge in [-0.1, -0.05) is 23.7 Å². The van der Waals surface area contributed by atoms with Crippen LogP contribution in [0.1, 0.15) is 26.3 Å². The number of hydrogen-bond donors (Lipinski definition) is 3. The standard InChI is InChI=1S/C13H18ClNO3.ClH/c1-11(2)8-18-13(17,12(3,16)15-11)9-5-4-6-10(14)7-9;/h4-7,15-17H,8H2,1-3H3;1H/t12-,13-;/m1./s1. The normalized spacial score (nSPS) is 33.6. The van der Waals surface area contributed by atoms with Gasteiger partial charge in [0.05, 0.1) is 6.61 Å². The lowest BCUT2D eigenvalue weighted by molar-refractivity contribution is -0.349. The van der Waals surface area contributed by atoms with Gasteiger partial charge in [0.25, 0.3) is 0 Å². The van der Waals surface area contributed by atoms with E-state index < -0.39 is 17.1 Å². The summed E-state index contributed by atoms with van der Waals surface area (Å²) in [6.07, 6.45) is 0. The second-order valence-electron chi connectivity index (χ2n) is 5.52. The van der Waals surface area contributed by atoms with Crippen molar-refractivity contribution in [2.45, 2.75) is 37.8 Å². The molecule has 0 amide bonds. The maximum Gasteiger partial charge on any atom is 0.236 e. The summed E-state index contributed by atoms with van der Waals surface area (Å²) in [6.45, 7) is 5.53. The van der Waals surface area contributed by atoms with Gasteiger partial charge in [-0.15, -0.1) is 12.4 Å². The van der Waals surface area contributed by atoms with E-state index in [4.69, 9.17) is 16.3 Å². The van der Waals surface area contributed by atoms with Crippen molar-refractivity contribution in [1.29, 1.82) is 0 Å². The molecule has 0 aromatic heterocycles. The summed E-state index contributed by atoms with van der Waals surface area (Å²) in [4.78, 5) is 0. The fraction of sp³-hybridized carbons (Fsp3) is 0.538.